The minimum Gasteiger partial charge on any atom is -0.291 e. The first-order valence-electron chi connectivity index (χ1n) is 8.62. The quantitative estimate of drug-likeness (QED) is 0.543. The summed E-state index contributed by atoms with van der Waals surface area (Å²) in [5.74, 6) is -0.00816. The molecular weight excluding hydrogens is 380 g/mol. The van der Waals surface area contributed by atoms with Crippen LogP contribution in [-0.2, 0) is 4.79 Å². The fraction of sp³-hybridized carbons (Fsp3) is 0.263. The van der Waals surface area contributed by atoms with Crippen LogP contribution in [0.2, 0.25) is 0 Å². The number of rotatable bonds is 3. The molecule has 0 saturated heterocycles. The number of nitrogens with zero attached hydrogens (tertiary/aromatic N) is 3. The molecule has 6 nitrogen and oxygen atoms in total. The third kappa shape index (κ3) is 2.80. The van der Waals surface area contributed by atoms with E-state index in [1.807, 2.05) is 55.8 Å². The van der Waals surface area contributed by atoms with Crippen LogP contribution < -0.4 is 15.1 Å². The van der Waals surface area contributed by atoms with Crippen molar-refractivity contribution in [2.24, 2.45) is 0 Å². The molecule has 3 heterocycles. The number of fused-ring (bicyclic) bond motifs is 3. The first kappa shape index (κ1) is 17.9. The van der Waals surface area contributed by atoms with E-state index in [4.69, 9.17) is 0 Å². The predicted molar refractivity (Wildman–Crippen MR) is 107 cm³/mol. The molecule has 138 valence electrons. The highest BCUT2D eigenvalue weighted by Gasteiger charge is 2.46. The van der Waals surface area contributed by atoms with Gasteiger partial charge in [0.15, 0.2) is 0 Å². The highest BCUT2D eigenvalue weighted by atomic mass is 32.2. The number of H-pyrrole nitrogens is 1. The lowest BCUT2D eigenvalue weighted by Gasteiger charge is -2.31. The number of hydrogen-bond acceptors (Lipinski definition) is 5. The number of para-hydroxylation sites is 1. The van der Waals surface area contributed by atoms with Gasteiger partial charge in [-0.25, -0.2) is 4.90 Å². The number of amides is 1. The van der Waals surface area contributed by atoms with Crippen LogP contribution in [0.1, 0.15) is 30.0 Å². The fourth-order valence-corrected chi connectivity index (χ4v) is 4.76. The van der Waals surface area contributed by atoms with Crippen LogP contribution in [0.15, 0.2) is 45.7 Å². The van der Waals surface area contributed by atoms with Gasteiger partial charge in [0.05, 0.1) is 11.3 Å². The van der Waals surface area contributed by atoms with E-state index in [2.05, 4.69) is 10.1 Å². The average molecular weight is 400 g/mol. The van der Waals surface area contributed by atoms with Gasteiger partial charge < -0.3 is 0 Å². The van der Waals surface area contributed by atoms with Crippen molar-refractivity contribution in [1.29, 1.82) is 0 Å². The SMILES string of the molecule is CCC(=O)N1c2ccccc2-c2c(=O)[nH]c(SC)n[n+]2C1c1sccc1C. The zero-order chi connectivity index (χ0) is 19.1. The molecule has 1 atom stereocenters. The van der Waals surface area contributed by atoms with Gasteiger partial charge in [0.1, 0.15) is 4.88 Å². The Kier molecular flexibility index (Phi) is 4.61. The number of thioether (sulfide) groups is 1. The van der Waals surface area contributed by atoms with Crippen molar-refractivity contribution in [2.75, 3.05) is 11.2 Å². The van der Waals surface area contributed by atoms with Crippen molar-refractivity contribution in [3.05, 3.63) is 56.5 Å². The van der Waals surface area contributed by atoms with E-state index >= 15 is 0 Å². The summed E-state index contributed by atoms with van der Waals surface area (Å²) < 4.78 is 1.71. The number of aromatic nitrogens is 3. The second kappa shape index (κ2) is 6.94. The lowest BCUT2D eigenvalue weighted by atomic mass is 10.0. The molecule has 2 aromatic heterocycles. The van der Waals surface area contributed by atoms with Gasteiger partial charge >= 0.3 is 17.4 Å². The zero-order valence-electron chi connectivity index (χ0n) is 15.2. The summed E-state index contributed by atoms with van der Waals surface area (Å²) >= 11 is 2.94. The van der Waals surface area contributed by atoms with Gasteiger partial charge in [-0.1, -0.05) is 30.8 Å². The van der Waals surface area contributed by atoms with Crippen LogP contribution in [0.4, 0.5) is 5.69 Å². The highest BCUT2D eigenvalue weighted by Crippen LogP contribution is 2.39. The molecule has 0 bridgehead atoms. The van der Waals surface area contributed by atoms with Crippen LogP contribution in [0, 0.1) is 6.92 Å². The van der Waals surface area contributed by atoms with Gasteiger partial charge in [-0.2, -0.15) is 0 Å². The molecule has 1 N–H and O–H groups in total. The summed E-state index contributed by atoms with van der Waals surface area (Å²) in [6, 6.07) is 9.55. The van der Waals surface area contributed by atoms with Crippen LogP contribution in [0.3, 0.4) is 0 Å². The van der Waals surface area contributed by atoms with Crippen LogP contribution in [-0.4, -0.2) is 22.2 Å². The Morgan fingerprint density at radius 2 is 2.15 bits per heavy atom. The number of benzene rings is 1. The van der Waals surface area contributed by atoms with E-state index in [1.54, 1.807) is 20.9 Å². The number of anilines is 1. The number of carbonyl (C=O) groups excluding carboxylic acids is 1. The molecule has 0 radical (unpaired) electrons. The molecule has 4 rings (SSSR count). The number of thiophene rings is 1. The summed E-state index contributed by atoms with van der Waals surface area (Å²) in [6.45, 7) is 3.87. The number of nitrogens with one attached hydrogen (secondary N) is 1. The van der Waals surface area contributed by atoms with E-state index in [9.17, 15) is 9.59 Å². The summed E-state index contributed by atoms with van der Waals surface area (Å²) in [5.41, 5.74) is 2.80. The molecule has 1 unspecified atom stereocenters. The highest BCUT2D eigenvalue weighted by molar-refractivity contribution is 7.98. The zero-order valence-corrected chi connectivity index (χ0v) is 16.9. The lowest BCUT2D eigenvalue weighted by molar-refractivity contribution is -0.762. The second-order valence-corrected chi connectivity index (χ2v) is 7.98. The molecule has 8 heteroatoms. The monoisotopic (exact) mass is 399 g/mol. The van der Waals surface area contributed by atoms with E-state index in [0.29, 0.717) is 22.8 Å². The number of aryl methyl sites for hydroxylation is 1. The predicted octanol–water partition coefficient (Wildman–Crippen LogP) is 3.12. The Bertz CT molecular complexity index is 1090. The molecule has 1 aromatic carbocycles. The van der Waals surface area contributed by atoms with E-state index in [1.165, 1.54) is 11.8 Å². The Labute approximate surface area is 164 Å². The molecule has 0 aliphatic carbocycles. The summed E-state index contributed by atoms with van der Waals surface area (Å²) in [5, 5.41) is 7.20. The van der Waals surface area contributed by atoms with Gasteiger partial charge in [-0.3, -0.25) is 14.6 Å². The number of hydrogen-bond donors (Lipinski definition) is 1. The molecule has 0 saturated carbocycles. The van der Waals surface area contributed by atoms with Crippen molar-refractivity contribution in [3.8, 4) is 11.3 Å². The van der Waals surface area contributed by atoms with Gasteiger partial charge in [0, 0.05) is 11.5 Å². The normalized spacial score (nSPS) is 15.4. The van der Waals surface area contributed by atoms with E-state index < -0.39 is 6.17 Å². The van der Waals surface area contributed by atoms with Gasteiger partial charge in [-0.05, 0) is 47.0 Å². The maximum Gasteiger partial charge on any atom is 0.325 e. The summed E-state index contributed by atoms with van der Waals surface area (Å²) in [7, 11) is 0. The van der Waals surface area contributed by atoms with Crippen molar-refractivity contribution in [3.63, 3.8) is 0 Å². The van der Waals surface area contributed by atoms with E-state index in [-0.39, 0.29) is 11.5 Å². The number of carbonyl (C=O) groups is 1. The molecule has 1 amide bonds. The molecule has 1 aliphatic heterocycles. The van der Waals surface area contributed by atoms with Crippen molar-refractivity contribution in [1.82, 2.24) is 10.1 Å². The molecule has 0 spiro atoms. The Morgan fingerprint density at radius 3 is 2.81 bits per heavy atom. The largest absolute Gasteiger partial charge is 0.325 e. The number of aromatic amines is 1. The minimum atomic E-state index is -0.476. The maximum absolute atomic E-state index is 13.0. The fourth-order valence-electron chi connectivity index (χ4n) is 3.39. The van der Waals surface area contributed by atoms with Crippen molar-refractivity contribution < 1.29 is 9.48 Å². The van der Waals surface area contributed by atoms with Crippen LogP contribution >= 0.6 is 23.1 Å². The average Bonchev–Trinajstić information content (AvgIpc) is 3.11. The first-order valence-corrected chi connectivity index (χ1v) is 10.7. The second-order valence-electron chi connectivity index (χ2n) is 6.23. The smallest absolute Gasteiger partial charge is 0.291 e. The molecular formula is C19H19N4O2S2+. The van der Waals surface area contributed by atoms with Crippen molar-refractivity contribution in [2.45, 2.75) is 31.6 Å². The van der Waals surface area contributed by atoms with Gasteiger partial charge in [0.25, 0.3) is 0 Å². The lowest BCUT2D eigenvalue weighted by Crippen LogP contribution is -2.60. The van der Waals surface area contributed by atoms with Gasteiger partial charge in [0.2, 0.25) is 11.1 Å². The topological polar surface area (TPSA) is 69.9 Å². The van der Waals surface area contributed by atoms with Crippen molar-refractivity contribution >= 4 is 34.7 Å². The van der Waals surface area contributed by atoms with Gasteiger partial charge in [-0.15, -0.1) is 11.3 Å². The maximum atomic E-state index is 13.0. The van der Waals surface area contributed by atoms with Crippen LogP contribution in [0.25, 0.3) is 11.3 Å². The Balaban J connectivity index is 2.11. The first-order chi connectivity index (χ1) is 13.1. The molecule has 3 aromatic rings. The van der Waals surface area contributed by atoms with Crippen LogP contribution in [0.5, 0.6) is 0 Å². The standard InChI is InChI=1S/C19H18N4O2S2/c1-4-14(24)22-13-8-6-5-7-12(13)15-17(25)20-19(26-3)21-23(15)18(22)16-11(2)9-10-27-16/h5-10,18H,4H2,1-3H3/p+1. The minimum absolute atomic E-state index is 0.00816. The Morgan fingerprint density at radius 1 is 1.37 bits per heavy atom. The third-order valence-corrected chi connectivity index (χ3v) is 6.29. The summed E-state index contributed by atoms with van der Waals surface area (Å²) in [4.78, 5) is 31.5. The van der Waals surface area contributed by atoms with E-state index in [0.717, 1.165) is 16.1 Å². The molecule has 1 aliphatic rings. The molecule has 27 heavy (non-hydrogen) atoms. The summed E-state index contributed by atoms with van der Waals surface area (Å²) in [6.07, 6.45) is 1.75. The molecule has 0 fully saturated rings. The third-order valence-electron chi connectivity index (χ3n) is 4.66. The Hall–Kier alpha value is -2.45.